The molecule has 0 aliphatic heterocycles. The molecule has 0 spiro atoms. The topological polar surface area (TPSA) is 85.8 Å². The van der Waals surface area contributed by atoms with Crippen molar-refractivity contribution in [1.82, 2.24) is 24.5 Å². The Morgan fingerprint density at radius 2 is 2.12 bits per heavy atom. The van der Waals surface area contributed by atoms with Crippen molar-refractivity contribution in [2.24, 2.45) is 14.1 Å². The number of carboxylic acids is 1. The van der Waals surface area contributed by atoms with E-state index < -0.39 is 5.97 Å². The Hall–Kier alpha value is -1.83. The standard InChI is InChI=1S/C9H11N5O2S/c1-5-6(8(15)16)7(13(2)12-5)17-9-10-4-11-14(9)3/h4H,1-3H3,(H,15,16). The Labute approximate surface area is 101 Å². The summed E-state index contributed by atoms with van der Waals surface area (Å²) in [5, 5.41) is 18.3. The van der Waals surface area contributed by atoms with Crippen molar-refractivity contribution in [2.45, 2.75) is 17.1 Å². The molecule has 2 aromatic rings. The zero-order valence-corrected chi connectivity index (χ0v) is 10.4. The van der Waals surface area contributed by atoms with Crippen LogP contribution in [0.1, 0.15) is 16.1 Å². The number of hydrogen-bond donors (Lipinski definition) is 1. The summed E-state index contributed by atoms with van der Waals surface area (Å²) in [6, 6.07) is 0. The Morgan fingerprint density at radius 1 is 1.41 bits per heavy atom. The second kappa shape index (κ2) is 4.21. The molecule has 0 amide bonds. The molecule has 8 heteroatoms. The number of carboxylic acid groups (broad SMARTS) is 1. The number of aromatic carboxylic acids is 1. The van der Waals surface area contributed by atoms with Crippen LogP contribution in [0.3, 0.4) is 0 Å². The van der Waals surface area contributed by atoms with E-state index in [4.69, 9.17) is 5.11 Å². The molecule has 0 radical (unpaired) electrons. The van der Waals surface area contributed by atoms with Crippen LogP contribution < -0.4 is 0 Å². The maximum absolute atomic E-state index is 11.2. The molecule has 7 nitrogen and oxygen atoms in total. The Bertz CT molecular complexity index is 574. The van der Waals surface area contributed by atoms with Crippen LogP contribution in [0.25, 0.3) is 0 Å². The summed E-state index contributed by atoms with van der Waals surface area (Å²) in [6.45, 7) is 1.67. The van der Waals surface area contributed by atoms with Crippen molar-refractivity contribution in [2.75, 3.05) is 0 Å². The smallest absolute Gasteiger partial charge is 0.340 e. The van der Waals surface area contributed by atoms with Crippen LogP contribution in [-0.4, -0.2) is 35.6 Å². The summed E-state index contributed by atoms with van der Waals surface area (Å²) in [6.07, 6.45) is 1.42. The van der Waals surface area contributed by atoms with Gasteiger partial charge in [-0.3, -0.25) is 4.68 Å². The molecular formula is C9H11N5O2S. The molecule has 17 heavy (non-hydrogen) atoms. The molecule has 0 saturated carbocycles. The zero-order chi connectivity index (χ0) is 12.6. The SMILES string of the molecule is Cc1nn(C)c(Sc2ncnn2C)c1C(=O)O. The van der Waals surface area contributed by atoms with Crippen LogP contribution in [0.4, 0.5) is 0 Å². The number of carbonyl (C=O) groups is 1. The number of aryl methyl sites for hydroxylation is 3. The molecule has 2 heterocycles. The number of nitrogens with zero attached hydrogens (tertiary/aromatic N) is 5. The summed E-state index contributed by atoms with van der Waals surface area (Å²) in [4.78, 5) is 15.2. The second-order valence-electron chi connectivity index (χ2n) is 3.46. The third-order valence-corrected chi connectivity index (χ3v) is 3.46. The van der Waals surface area contributed by atoms with Crippen LogP contribution in [0.15, 0.2) is 16.5 Å². The van der Waals surface area contributed by atoms with E-state index in [1.807, 2.05) is 0 Å². The van der Waals surface area contributed by atoms with E-state index in [9.17, 15) is 4.79 Å². The average Bonchev–Trinajstić information content (AvgIpc) is 2.73. The van der Waals surface area contributed by atoms with Crippen LogP contribution in [0.2, 0.25) is 0 Å². The van der Waals surface area contributed by atoms with Crippen LogP contribution in [0, 0.1) is 6.92 Å². The molecule has 1 N–H and O–H groups in total. The van der Waals surface area contributed by atoms with Gasteiger partial charge in [0.05, 0.1) is 5.69 Å². The first-order chi connectivity index (χ1) is 8.00. The molecule has 0 saturated heterocycles. The van der Waals surface area contributed by atoms with Gasteiger partial charge in [0.2, 0.25) is 0 Å². The summed E-state index contributed by atoms with van der Waals surface area (Å²) < 4.78 is 3.12. The molecule has 0 aliphatic rings. The van der Waals surface area contributed by atoms with Gasteiger partial charge < -0.3 is 5.11 Å². The minimum absolute atomic E-state index is 0.209. The summed E-state index contributed by atoms with van der Waals surface area (Å²) >= 11 is 1.23. The first-order valence-corrected chi connectivity index (χ1v) is 5.61. The average molecular weight is 253 g/mol. The van der Waals surface area contributed by atoms with Crippen molar-refractivity contribution in [1.29, 1.82) is 0 Å². The fraction of sp³-hybridized carbons (Fsp3) is 0.333. The zero-order valence-electron chi connectivity index (χ0n) is 9.58. The number of rotatable bonds is 3. The molecule has 0 bridgehead atoms. The third-order valence-electron chi connectivity index (χ3n) is 2.24. The van der Waals surface area contributed by atoms with Gasteiger partial charge in [-0.15, -0.1) is 0 Å². The summed E-state index contributed by atoms with van der Waals surface area (Å²) in [5.74, 6) is -0.986. The minimum atomic E-state index is -0.986. The first kappa shape index (κ1) is 11.6. The van der Waals surface area contributed by atoms with E-state index in [1.54, 1.807) is 25.7 Å². The van der Waals surface area contributed by atoms with Gasteiger partial charge in [0.1, 0.15) is 16.9 Å². The Balaban J connectivity index is 2.45. The van der Waals surface area contributed by atoms with Crippen molar-refractivity contribution in [3.8, 4) is 0 Å². The minimum Gasteiger partial charge on any atom is -0.478 e. The fourth-order valence-electron chi connectivity index (χ4n) is 1.46. The van der Waals surface area contributed by atoms with Crippen molar-refractivity contribution >= 4 is 17.7 Å². The number of hydrogen-bond acceptors (Lipinski definition) is 5. The van der Waals surface area contributed by atoms with Crippen LogP contribution in [-0.2, 0) is 14.1 Å². The summed E-state index contributed by atoms with van der Waals surface area (Å²) in [7, 11) is 3.46. The number of aromatic nitrogens is 5. The summed E-state index contributed by atoms with van der Waals surface area (Å²) in [5.41, 5.74) is 0.699. The monoisotopic (exact) mass is 253 g/mol. The van der Waals surface area contributed by atoms with E-state index in [2.05, 4.69) is 15.2 Å². The van der Waals surface area contributed by atoms with Crippen LogP contribution in [0.5, 0.6) is 0 Å². The second-order valence-corrected chi connectivity index (χ2v) is 4.42. The predicted molar refractivity (Wildman–Crippen MR) is 60.0 cm³/mol. The van der Waals surface area contributed by atoms with E-state index in [1.165, 1.54) is 22.8 Å². The highest BCUT2D eigenvalue weighted by molar-refractivity contribution is 7.99. The molecule has 0 unspecified atom stereocenters. The van der Waals surface area contributed by atoms with E-state index in [0.717, 1.165) is 0 Å². The fourth-order valence-corrected chi connectivity index (χ4v) is 2.43. The molecule has 2 aromatic heterocycles. The van der Waals surface area contributed by atoms with Gasteiger partial charge in [0, 0.05) is 14.1 Å². The van der Waals surface area contributed by atoms with Gasteiger partial charge in [-0.05, 0) is 18.7 Å². The lowest BCUT2D eigenvalue weighted by atomic mass is 10.3. The van der Waals surface area contributed by atoms with Gasteiger partial charge in [-0.2, -0.15) is 10.2 Å². The van der Waals surface area contributed by atoms with Crippen molar-refractivity contribution < 1.29 is 9.90 Å². The molecule has 0 aliphatic carbocycles. The molecule has 0 fully saturated rings. The highest BCUT2D eigenvalue weighted by Gasteiger charge is 2.21. The normalized spacial score (nSPS) is 10.8. The lowest BCUT2D eigenvalue weighted by molar-refractivity contribution is 0.0692. The van der Waals surface area contributed by atoms with E-state index >= 15 is 0 Å². The van der Waals surface area contributed by atoms with Gasteiger partial charge >= 0.3 is 5.97 Å². The predicted octanol–water partition coefficient (Wildman–Crippen LogP) is 0.706. The van der Waals surface area contributed by atoms with Crippen LogP contribution >= 0.6 is 11.8 Å². The largest absolute Gasteiger partial charge is 0.478 e. The van der Waals surface area contributed by atoms with Gasteiger partial charge in [-0.25, -0.2) is 14.5 Å². The van der Waals surface area contributed by atoms with Crippen molar-refractivity contribution in [3.63, 3.8) is 0 Å². The molecule has 90 valence electrons. The van der Waals surface area contributed by atoms with Gasteiger partial charge in [-0.1, -0.05) is 0 Å². The van der Waals surface area contributed by atoms with E-state index in [-0.39, 0.29) is 5.56 Å². The van der Waals surface area contributed by atoms with E-state index in [0.29, 0.717) is 15.9 Å². The van der Waals surface area contributed by atoms with Gasteiger partial charge in [0.25, 0.3) is 0 Å². The lowest BCUT2D eigenvalue weighted by Crippen LogP contribution is -2.02. The lowest BCUT2D eigenvalue weighted by Gasteiger charge is -2.02. The van der Waals surface area contributed by atoms with Crippen molar-refractivity contribution in [3.05, 3.63) is 17.6 Å². The van der Waals surface area contributed by atoms with Gasteiger partial charge in [0.15, 0.2) is 5.16 Å². The Morgan fingerprint density at radius 3 is 2.65 bits per heavy atom. The third kappa shape index (κ3) is 2.03. The Kier molecular flexibility index (Phi) is 2.88. The maximum Gasteiger partial charge on any atom is 0.340 e. The highest BCUT2D eigenvalue weighted by Crippen LogP contribution is 2.29. The molecular weight excluding hydrogens is 242 g/mol. The maximum atomic E-state index is 11.2. The first-order valence-electron chi connectivity index (χ1n) is 4.79. The highest BCUT2D eigenvalue weighted by atomic mass is 32.2. The quantitative estimate of drug-likeness (QED) is 0.866. The molecule has 0 atom stereocenters. The molecule has 0 aromatic carbocycles. The molecule has 2 rings (SSSR count).